The minimum Gasteiger partial charge on any atom is -0.300 e. The van der Waals surface area contributed by atoms with Gasteiger partial charge in [-0.1, -0.05) is 71.7 Å². The number of unbranched alkanes of at least 4 members (excludes halogenated alkanes) is 1. The highest BCUT2D eigenvalue weighted by atomic mass is 79.9. The van der Waals surface area contributed by atoms with Crippen molar-refractivity contribution in [3.8, 4) is 11.1 Å². The average Bonchev–Trinajstić information content (AvgIpc) is 2.84. The van der Waals surface area contributed by atoms with Crippen molar-refractivity contribution in [2.24, 2.45) is 0 Å². The van der Waals surface area contributed by atoms with Crippen LogP contribution in [0.5, 0.6) is 0 Å². The van der Waals surface area contributed by atoms with Crippen LogP contribution in [0.25, 0.3) is 21.9 Å². The average molecular weight is 552 g/mol. The standard InChI is InChI=1S/C28H26BrNO4S/c1-3-4-10-25(31)27-26(20-8-6-5-7-9-20)24-17-21(29)13-16-23(24)28(32)30(27)18-19-11-14-22(15-12-19)35(2,33)34/h5-9,11-17H,3-4,10,18H2,1-2H3. The fourth-order valence-corrected chi connectivity index (χ4v) is 5.23. The molecule has 0 saturated carbocycles. The summed E-state index contributed by atoms with van der Waals surface area (Å²) in [6.45, 7) is 2.18. The summed E-state index contributed by atoms with van der Waals surface area (Å²) >= 11 is 3.52. The van der Waals surface area contributed by atoms with E-state index in [2.05, 4.69) is 15.9 Å². The number of benzene rings is 3. The first-order chi connectivity index (χ1) is 16.7. The molecule has 1 heterocycles. The molecule has 0 unspecified atom stereocenters. The van der Waals surface area contributed by atoms with Crippen molar-refractivity contribution in [2.75, 3.05) is 6.26 Å². The normalized spacial score (nSPS) is 11.6. The fourth-order valence-electron chi connectivity index (χ4n) is 4.24. The fraction of sp³-hybridized carbons (Fsp3) is 0.214. The lowest BCUT2D eigenvalue weighted by molar-refractivity contribution is 0.0971. The Bertz CT molecular complexity index is 1560. The first-order valence-corrected chi connectivity index (χ1v) is 14.1. The van der Waals surface area contributed by atoms with Gasteiger partial charge in [0, 0.05) is 28.1 Å². The maximum Gasteiger partial charge on any atom is 0.259 e. The number of Topliss-reactive ketones (excluding diaryl/α,β-unsaturated/α-hetero) is 1. The molecule has 0 radical (unpaired) electrons. The molecule has 35 heavy (non-hydrogen) atoms. The summed E-state index contributed by atoms with van der Waals surface area (Å²) < 4.78 is 26.1. The largest absolute Gasteiger partial charge is 0.300 e. The zero-order valence-corrected chi connectivity index (χ0v) is 22.0. The molecule has 0 bridgehead atoms. The van der Waals surface area contributed by atoms with Gasteiger partial charge in [0.15, 0.2) is 15.6 Å². The highest BCUT2D eigenvalue weighted by Gasteiger charge is 2.23. The number of ketones is 1. The molecular formula is C28H26BrNO4S. The Morgan fingerprint density at radius 2 is 1.63 bits per heavy atom. The maximum absolute atomic E-state index is 13.8. The molecule has 0 N–H and O–H groups in total. The molecule has 3 aromatic carbocycles. The van der Waals surface area contributed by atoms with E-state index in [4.69, 9.17) is 0 Å². The van der Waals surface area contributed by atoms with Gasteiger partial charge >= 0.3 is 0 Å². The number of carbonyl (C=O) groups excluding carboxylic acids is 1. The molecule has 0 fully saturated rings. The Kier molecular flexibility index (Phi) is 7.38. The molecule has 0 aliphatic heterocycles. The molecule has 180 valence electrons. The van der Waals surface area contributed by atoms with Crippen LogP contribution in [0.4, 0.5) is 0 Å². The summed E-state index contributed by atoms with van der Waals surface area (Å²) in [5.74, 6) is -0.0857. The summed E-state index contributed by atoms with van der Waals surface area (Å²) in [5.41, 5.74) is 2.46. The monoisotopic (exact) mass is 551 g/mol. The number of halogens is 1. The summed E-state index contributed by atoms with van der Waals surface area (Å²) in [6.07, 6.45) is 3.08. The molecule has 0 aliphatic rings. The van der Waals surface area contributed by atoms with Gasteiger partial charge in [0.05, 0.1) is 17.1 Å². The van der Waals surface area contributed by atoms with Gasteiger partial charge in [-0.25, -0.2) is 8.42 Å². The van der Waals surface area contributed by atoms with E-state index in [-0.39, 0.29) is 22.8 Å². The molecule has 0 spiro atoms. The summed E-state index contributed by atoms with van der Waals surface area (Å²) in [6, 6.07) is 21.6. The van der Waals surface area contributed by atoms with Crippen LogP contribution in [0.3, 0.4) is 0 Å². The number of pyridine rings is 1. The first-order valence-electron chi connectivity index (χ1n) is 11.4. The minimum absolute atomic E-state index is 0.0857. The SMILES string of the molecule is CCCCC(=O)c1c(-c2ccccc2)c2cc(Br)ccc2c(=O)n1Cc1ccc(S(C)(=O)=O)cc1. The van der Waals surface area contributed by atoms with Crippen LogP contribution in [0.15, 0.2) is 87.0 Å². The zero-order valence-electron chi connectivity index (χ0n) is 19.6. The Balaban J connectivity index is 2.02. The molecule has 0 atom stereocenters. The van der Waals surface area contributed by atoms with E-state index in [1.807, 2.05) is 49.4 Å². The van der Waals surface area contributed by atoms with E-state index in [0.29, 0.717) is 17.5 Å². The Morgan fingerprint density at radius 1 is 0.943 bits per heavy atom. The van der Waals surface area contributed by atoms with Gasteiger partial charge < -0.3 is 0 Å². The van der Waals surface area contributed by atoms with E-state index in [0.717, 1.165) is 45.6 Å². The lowest BCUT2D eigenvalue weighted by Gasteiger charge is -2.20. The third-order valence-corrected chi connectivity index (χ3v) is 7.63. The molecule has 1 aromatic heterocycles. The van der Waals surface area contributed by atoms with Crippen molar-refractivity contribution < 1.29 is 13.2 Å². The molecule has 0 aliphatic carbocycles. The van der Waals surface area contributed by atoms with Gasteiger partial charge in [0.1, 0.15) is 0 Å². The molecule has 7 heteroatoms. The molecule has 0 saturated heterocycles. The highest BCUT2D eigenvalue weighted by Crippen LogP contribution is 2.33. The number of sulfone groups is 1. The number of fused-ring (bicyclic) bond motifs is 1. The van der Waals surface area contributed by atoms with Crippen molar-refractivity contribution in [1.82, 2.24) is 4.57 Å². The van der Waals surface area contributed by atoms with Crippen molar-refractivity contribution in [3.63, 3.8) is 0 Å². The van der Waals surface area contributed by atoms with E-state index >= 15 is 0 Å². The number of hydrogen-bond acceptors (Lipinski definition) is 4. The third-order valence-electron chi connectivity index (χ3n) is 6.01. The van der Waals surface area contributed by atoms with Crippen LogP contribution in [0.2, 0.25) is 0 Å². The van der Waals surface area contributed by atoms with Crippen molar-refractivity contribution in [1.29, 1.82) is 0 Å². The number of carbonyl (C=O) groups is 1. The van der Waals surface area contributed by atoms with E-state index in [9.17, 15) is 18.0 Å². The number of hydrogen-bond donors (Lipinski definition) is 0. The summed E-state index contributed by atoms with van der Waals surface area (Å²) in [7, 11) is -3.34. The quantitative estimate of drug-likeness (QED) is 0.242. The summed E-state index contributed by atoms with van der Waals surface area (Å²) in [5, 5.41) is 1.24. The van der Waals surface area contributed by atoms with Crippen LogP contribution in [-0.4, -0.2) is 25.0 Å². The van der Waals surface area contributed by atoms with E-state index < -0.39 is 9.84 Å². The number of aromatic nitrogens is 1. The van der Waals surface area contributed by atoms with Gasteiger partial charge in [0.25, 0.3) is 5.56 Å². The predicted molar refractivity (Wildman–Crippen MR) is 144 cm³/mol. The van der Waals surface area contributed by atoms with Gasteiger partial charge in [-0.15, -0.1) is 0 Å². The predicted octanol–water partition coefficient (Wildman–Crippen LogP) is 6.26. The molecular weight excluding hydrogens is 526 g/mol. The van der Waals surface area contributed by atoms with Gasteiger partial charge in [0.2, 0.25) is 0 Å². The third kappa shape index (κ3) is 5.31. The van der Waals surface area contributed by atoms with Crippen LogP contribution >= 0.6 is 15.9 Å². The molecule has 5 nitrogen and oxygen atoms in total. The maximum atomic E-state index is 13.8. The van der Waals surface area contributed by atoms with Gasteiger partial charge in [-0.3, -0.25) is 14.2 Å². The zero-order chi connectivity index (χ0) is 25.2. The van der Waals surface area contributed by atoms with E-state index in [1.165, 1.54) is 12.1 Å². The molecule has 4 rings (SSSR count). The smallest absolute Gasteiger partial charge is 0.259 e. The first kappa shape index (κ1) is 25.1. The van der Waals surface area contributed by atoms with Crippen LogP contribution in [-0.2, 0) is 16.4 Å². The van der Waals surface area contributed by atoms with Crippen molar-refractivity contribution in [2.45, 2.75) is 37.6 Å². The number of rotatable bonds is 8. The van der Waals surface area contributed by atoms with Crippen LogP contribution in [0.1, 0.15) is 42.2 Å². The highest BCUT2D eigenvalue weighted by molar-refractivity contribution is 9.10. The molecule has 0 amide bonds. The second-order valence-electron chi connectivity index (χ2n) is 8.61. The number of nitrogens with zero attached hydrogens (tertiary/aromatic N) is 1. The van der Waals surface area contributed by atoms with Crippen LogP contribution < -0.4 is 5.56 Å². The van der Waals surface area contributed by atoms with Crippen molar-refractivity contribution >= 4 is 42.3 Å². The van der Waals surface area contributed by atoms with Crippen LogP contribution in [0, 0.1) is 0 Å². The Morgan fingerprint density at radius 3 is 2.26 bits per heavy atom. The molecule has 4 aromatic rings. The second-order valence-corrected chi connectivity index (χ2v) is 11.5. The van der Waals surface area contributed by atoms with Gasteiger partial charge in [-0.05, 0) is 53.3 Å². The second kappa shape index (κ2) is 10.3. The summed E-state index contributed by atoms with van der Waals surface area (Å²) in [4.78, 5) is 27.6. The lowest BCUT2D eigenvalue weighted by atomic mass is 9.93. The Labute approximate surface area is 213 Å². The Hall–Kier alpha value is -3.03. The topological polar surface area (TPSA) is 73.2 Å². The van der Waals surface area contributed by atoms with Crippen molar-refractivity contribution in [3.05, 3.63) is 98.9 Å². The minimum atomic E-state index is -3.34. The lowest BCUT2D eigenvalue weighted by Crippen LogP contribution is -2.28. The van der Waals surface area contributed by atoms with E-state index in [1.54, 1.807) is 22.8 Å². The van der Waals surface area contributed by atoms with Gasteiger partial charge in [-0.2, -0.15) is 0 Å².